The molecular weight excluding hydrogens is 239 g/mol. The molecule has 0 fully saturated rings. The number of fused-ring (bicyclic) bond motifs is 1. The SMILES string of the molecule is Fc1cc(-n2ccc3c[c]ccc32)cc(F)c1F. The number of rotatable bonds is 1. The molecule has 0 saturated carbocycles. The molecule has 1 radical (unpaired) electrons. The summed E-state index contributed by atoms with van der Waals surface area (Å²) in [6.07, 6.45) is 1.67. The predicted octanol–water partition coefficient (Wildman–Crippen LogP) is 3.85. The van der Waals surface area contributed by atoms with Gasteiger partial charge in [-0.15, -0.1) is 0 Å². The number of hydrogen-bond acceptors (Lipinski definition) is 0. The third kappa shape index (κ3) is 1.57. The summed E-state index contributed by atoms with van der Waals surface area (Å²) in [5.41, 5.74) is 1.02. The van der Waals surface area contributed by atoms with Crippen LogP contribution in [0.25, 0.3) is 16.6 Å². The largest absolute Gasteiger partial charge is 0.316 e. The van der Waals surface area contributed by atoms with Gasteiger partial charge in [-0.05, 0) is 24.3 Å². The topological polar surface area (TPSA) is 4.93 Å². The smallest absolute Gasteiger partial charge is 0.194 e. The molecule has 0 spiro atoms. The number of hydrogen-bond donors (Lipinski definition) is 0. The number of aromatic nitrogens is 1. The maximum Gasteiger partial charge on any atom is 0.194 e. The first-order valence-electron chi connectivity index (χ1n) is 5.29. The van der Waals surface area contributed by atoms with Crippen LogP contribution >= 0.6 is 0 Å². The van der Waals surface area contributed by atoms with Crippen LogP contribution < -0.4 is 0 Å². The maximum atomic E-state index is 13.2. The van der Waals surface area contributed by atoms with Crippen molar-refractivity contribution in [3.8, 4) is 5.69 Å². The minimum absolute atomic E-state index is 0.243. The number of halogens is 3. The second-order valence-electron chi connectivity index (χ2n) is 3.89. The lowest BCUT2D eigenvalue weighted by Gasteiger charge is -2.06. The molecule has 0 atom stereocenters. The maximum absolute atomic E-state index is 13.2. The zero-order chi connectivity index (χ0) is 12.7. The van der Waals surface area contributed by atoms with E-state index in [1.165, 1.54) is 0 Å². The fourth-order valence-electron chi connectivity index (χ4n) is 1.93. The van der Waals surface area contributed by atoms with E-state index in [2.05, 4.69) is 6.07 Å². The van der Waals surface area contributed by atoms with Gasteiger partial charge in [0.25, 0.3) is 0 Å². The van der Waals surface area contributed by atoms with Crippen LogP contribution in [0.15, 0.2) is 42.6 Å². The molecule has 0 aliphatic rings. The second-order valence-corrected chi connectivity index (χ2v) is 3.89. The molecule has 2 aromatic carbocycles. The van der Waals surface area contributed by atoms with Gasteiger partial charge in [0, 0.05) is 23.7 Å². The quantitative estimate of drug-likeness (QED) is 0.575. The Hall–Kier alpha value is -2.23. The zero-order valence-corrected chi connectivity index (χ0v) is 9.12. The van der Waals surface area contributed by atoms with Gasteiger partial charge in [-0.3, -0.25) is 0 Å². The van der Waals surface area contributed by atoms with Crippen molar-refractivity contribution in [3.63, 3.8) is 0 Å². The van der Waals surface area contributed by atoms with Crippen LogP contribution in [0.2, 0.25) is 0 Å². The highest BCUT2D eigenvalue weighted by atomic mass is 19.2. The Morgan fingerprint density at radius 3 is 2.44 bits per heavy atom. The van der Waals surface area contributed by atoms with Crippen molar-refractivity contribution >= 4 is 10.9 Å². The Morgan fingerprint density at radius 1 is 1.00 bits per heavy atom. The lowest BCUT2D eigenvalue weighted by Crippen LogP contribution is -1.97. The summed E-state index contributed by atoms with van der Waals surface area (Å²) in [6.45, 7) is 0. The minimum atomic E-state index is -1.46. The van der Waals surface area contributed by atoms with Gasteiger partial charge in [-0.2, -0.15) is 0 Å². The molecule has 1 nitrogen and oxygen atoms in total. The highest BCUT2D eigenvalue weighted by molar-refractivity contribution is 5.81. The molecule has 3 rings (SSSR count). The molecule has 0 amide bonds. The van der Waals surface area contributed by atoms with Crippen molar-refractivity contribution in [2.24, 2.45) is 0 Å². The first kappa shape index (κ1) is 10.9. The van der Waals surface area contributed by atoms with E-state index in [1.54, 1.807) is 35.0 Å². The fraction of sp³-hybridized carbons (Fsp3) is 0. The summed E-state index contributed by atoms with van der Waals surface area (Å²) in [7, 11) is 0. The van der Waals surface area contributed by atoms with E-state index in [-0.39, 0.29) is 5.69 Å². The molecule has 4 heteroatoms. The highest BCUT2D eigenvalue weighted by Gasteiger charge is 2.12. The van der Waals surface area contributed by atoms with Crippen LogP contribution in [-0.2, 0) is 0 Å². The summed E-state index contributed by atoms with van der Waals surface area (Å²) in [6, 6.07) is 11.9. The van der Waals surface area contributed by atoms with Gasteiger partial charge in [0.15, 0.2) is 17.5 Å². The molecule has 0 unspecified atom stereocenters. The van der Waals surface area contributed by atoms with Crippen molar-refractivity contribution in [2.75, 3.05) is 0 Å². The average molecular weight is 246 g/mol. The summed E-state index contributed by atoms with van der Waals surface area (Å²) in [5.74, 6) is -3.85. The highest BCUT2D eigenvalue weighted by Crippen LogP contribution is 2.22. The Kier molecular flexibility index (Phi) is 2.37. The summed E-state index contributed by atoms with van der Waals surface area (Å²) in [4.78, 5) is 0. The molecule has 18 heavy (non-hydrogen) atoms. The monoisotopic (exact) mass is 246 g/mol. The van der Waals surface area contributed by atoms with Gasteiger partial charge in [0.1, 0.15) is 0 Å². The van der Waals surface area contributed by atoms with E-state index in [9.17, 15) is 13.2 Å². The molecule has 1 aromatic heterocycles. The third-order valence-corrected chi connectivity index (χ3v) is 2.78. The number of nitrogens with zero attached hydrogens (tertiary/aromatic N) is 1. The van der Waals surface area contributed by atoms with Gasteiger partial charge in [-0.1, -0.05) is 6.07 Å². The Labute approximate surface area is 101 Å². The first-order valence-corrected chi connectivity index (χ1v) is 5.29. The van der Waals surface area contributed by atoms with E-state index in [1.807, 2.05) is 0 Å². The first-order chi connectivity index (χ1) is 8.66. The van der Waals surface area contributed by atoms with E-state index in [0.717, 1.165) is 23.0 Å². The van der Waals surface area contributed by atoms with Gasteiger partial charge in [0.2, 0.25) is 0 Å². The van der Waals surface area contributed by atoms with Crippen molar-refractivity contribution in [1.29, 1.82) is 0 Å². The van der Waals surface area contributed by atoms with Gasteiger partial charge in [0.05, 0.1) is 11.2 Å². The van der Waals surface area contributed by atoms with Gasteiger partial charge < -0.3 is 4.57 Å². The molecule has 3 aromatic rings. The molecule has 0 bridgehead atoms. The Morgan fingerprint density at radius 2 is 1.72 bits per heavy atom. The van der Waals surface area contributed by atoms with E-state index in [0.29, 0.717) is 0 Å². The van der Waals surface area contributed by atoms with E-state index < -0.39 is 17.5 Å². The summed E-state index contributed by atoms with van der Waals surface area (Å²) in [5, 5.41) is 0.891. The lowest BCUT2D eigenvalue weighted by atomic mass is 10.2. The van der Waals surface area contributed by atoms with Crippen LogP contribution in [0.4, 0.5) is 13.2 Å². The molecule has 0 saturated heterocycles. The summed E-state index contributed by atoms with van der Waals surface area (Å²) < 4.78 is 40.9. The molecular formula is C14H7F3N. The van der Waals surface area contributed by atoms with Crippen molar-refractivity contribution in [1.82, 2.24) is 4.57 Å². The summed E-state index contributed by atoms with van der Waals surface area (Å²) >= 11 is 0. The Balaban J connectivity index is 2.26. The molecule has 89 valence electrons. The van der Waals surface area contributed by atoms with Crippen LogP contribution in [0.3, 0.4) is 0 Å². The van der Waals surface area contributed by atoms with Crippen LogP contribution in [0.5, 0.6) is 0 Å². The van der Waals surface area contributed by atoms with Crippen LogP contribution in [0, 0.1) is 23.5 Å². The third-order valence-electron chi connectivity index (χ3n) is 2.78. The van der Waals surface area contributed by atoms with Gasteiger partial charge >= 0.3 is 0 Å². The molecule has 1 heterocycles. The van der Waals surface area contributed by atoms with Crippen LogP contribution in [0.1, 0.15) is 0 Å². The van der Waals surface area contributed by atoms with Crippen molar-refractivity contribution < 1.29 is 13.2 Å². The average Bonchev–Trinajstić information content (AvgIpc) is 2.79. The number of benzene rings is 2. The van der Waals surface area contributed by atoms with Crippen LogP contribution in [-0.4, -0.2) is 4.57 Å². The van der Waals surface area contributed by atoms with E-state index in [4.69, 9.17) is 0 Å². The molecule has 0 aliphatic carbocycles. The second kappa shape index (κ2) is 3.91. The minimum Gasteiger partial charge on any atom is -0.316 e. The lowest BCUT2D eigenvalue weighted by molar-refractivity contribution is 0.446. The van der Waals surface area contributed by atoms with Gasteiger partial charge in [-0.25, -0.2) is 13.2 Å². The Bertz CT molecular complexity index is 708. The normalized spacial score (nSPS) is 11.1. The standard InChI is InChI=1S/C14H7F3N/c15-11-7-10(8-12(16)14(11)17)18-6-5-9-3-1-2-4-13(9)18/h2-8H. The zero-order valence-electron chi connectivity index (χ0n) is 9.12. The predicted molar refractivity (Wildman–Crippen MR) is 62.0 cm³/mol. The molecule has 0 N–H and O–H groups in total. The van der Waals surface area contributed by atoms with Crippen molar-refractivity contribution in [2.45, 2.75) is 0 Å². The van der Waals surface area contributed by atoms with E-state index >= 15 is 0 Å². The van der Waals surface area contributed by atoms with Crippen molar-refractivity contribution in [3.05, 3.63) is 66.1 Å². The molecule has 0 aliphatic heterocycles. The fourth-order valence-corrected chi connectivity index (χ4v) is 1.93.